The number of carbonyl (C=O) groups is 2. The van der Waals surface area contributed by atoms with Gasteiger partial charge in [-0.1, -0.05) is 12.1 Å². The summed E-state index contributed by atoms with van der Waals surface area (Å²) in [5.74, 6) is -0.525. The fraction of sp³-hybridized carbons (Fsp3) is 0.435. The molecular weight excluding hydrogens is 442 g/mol. The topological polar surface area (TPSA) is 91.6 Å². The maximum Gasteiger partial charge on any atom is 0.251 e. The Bertz CT molecular complexity index is 1130. The van der Waals surface area contributed by atoms with Gasteiger partial charge in [-0.3, -0.25) is 19.4 Å². The molecule has 1 aromatic carbocycles. The standard InChI is InChI=1S/C23H27N5O2S2/c1-14(22(30)26-23-20(21(24)29)15-5-4-8-17(15)32-23)28-11-9-27(10-12-28)13-19-25-16-6-2-3-7-18(16)31-19/h2-3,6-7,14H,4-5,8-13H2,1H3,(H2,24,29)(H,26,30). The SMILES string of the molecule is CC(C(=O)Nc1sc2c(c1C(N)=O)CCC2)N1CCN(Cc2nc3ccccc3s2)CC1. The Balaban J connectivity index is 1.18. The van der Waals surface area contributed by atoms with Gasteiger partial charge in [-0.05, 0) is 43.9 Å². The van der Waals surface area contributed by atoms with Gasteiger partial charge in [-0.25, -0.2) is 4.98 Å². The second-order valence-corrected chi connectivity index (χ2v) is 10.7. The van der Waals surface area contributed by atoms with Gasteiger partial charge in [-0.2, -0.15) is 0 Å². The van der Waals surface area contributed by atoms with Crippen LogP contribution in [-0.2, 0) is 24.2 Å². The highest BCUT2D eigenvalue weighted by molar-refractivity contribution is 7.18. The number of para-hydroxylation sites is 1. The second kappa shape index (κ2) is 8.90. The monoisotopic (exact) mass is 469 g/mol. The summed E-state index contributed by atoms with van der Waals surface area (Å²) in [5.41, 5.74) is 8.24. The van der Waals surface area contributed by atoms with Crippen LogP contribution in [0.15, 0.2) is 24.3 Å². The molecule has 7 nitrogen and oxygen atoms in total. The minimum absolute atomic E-state index is 0.0768. The van der Waals surface area contributed by atoms with E-state index in [1.807, 2.05) is 19.1 Å². The highest BCUT2D eigenvalue weighted by atomic mass is 32.1. The highest BCUT2D eigenvalue weighted by Gasteiger charge is 2.30. The van der Waals surface area contributed by atoms with E-state index in [0.29, 0.717) is 10.6 Å². The van der Waals surface area contributed by atoms with Crippen molar-refractivity contribution in [1.82, 2.24) is 14.8 Å². The summed E-state index contributed by atoms with van der Waals surface area (Å²) in [4.78, 5) is 35.5. The number of nitrogens with zero attached hydrogens (tertiary/aromatic N) is 3. The normalized spacial score (nSPS) is 18.0. The van der Waals surface area contributed by atoms with Crippen LogP contribution in [0.1, 0.15) is 39.2 Å². The van der Waals surface area contributed by atoms with Crippen molar-refractivity contribution >= 4 is 49.7 Å². The number of thiophene rings is 1. The van der Waals surface area contributed by atoms with Crippen LogP contribution in [0, 0.1) is 0 Å². The van der Waals surface area contributed by atoms with Gasteiger partial charge in [0.2, 0.25) is 5.91 Å². The molecular formula is C23H27N5O2S2. The van der Waals surface area contributed by atoms with Crippen molar-refractivity contribution in [1.29, 1.82) is 0 Å². The van der Waals surface area contributed by atoms with Crippen molar-refractivity contribution in [3.8, 4) is 0 Å². The summed E-state index contributed by atoms with van der Waals surface area (Å²) in [5, 5.41) is 4.75. The van der Waals surface area contributed by atoms with Crippen LogP contribution in [0.2, 0.25) is 0 Å². The van der Waals surface area contributed by atoms with Crippen LogP contribution in [0.5, 0.6) is 0 Å². The number of carbonyl (C=O) groups excluding carboxylic acids is 2. The van der Waals surface area contributed by atoms with Crippen LogP contribution >= 0.6 is 22.7 Å². The Morgan fingerprint density at radius 2 is 1.94 bits per heavy atom. The fourth-order valence-electron chi connectivity index (χ4n) is 4.62. The van der Waals surface area contributed by atoms with Crippen LogP contribution in [0.4, 0.5) is 5.00 Å². The molecule has 1 aliphatic carbocycles. The summed E-state index contributed by atoms with van der Waals surface area (Å²) < 4.78 is 1.22. The van der Waals surface area contributed by atoms with Gasteiger partial charge in [0.15, 0.2) is 0 Å². The Morgan fingerprint density at radius 3 is 2.69 bits per heavy atom. The van der Waals surface area contributed by atoms with E-state index in [1.54, 1.807) is 11.3 Å². The third-order valence-corrected chi connectivity index (χ3v) is 8.66. The van der Waals surface area contributed by atoms with E-state index in [0.717, 1.165) is 68.1 Å². The molecule has 1 aliphatic heterocycles. The molecule has 0 bridgehead atoms. The molecule has 1 atom stereocenters. The predicted octanol–water partition coefficient (Wildman–Crippen LogP) is 3.09. The molecule has 3 N–H and O–H groups in total. The third kappa shape index (κ3) is 4.17. The van der Waals surface area contributed by atoms with Crippen LogP contribution < -0.4 is 11.1 Å². The Hall–Kier alpha value is -2.33. The molecule has 2 aliphatic rings. The molecule has 9 heteroatoms. The summed E-state index contributed by atoms with van der Waals surface area (Å²) in [6, 6.07) is 7.97. The average molecular weight is 470 g/mol. The quantitative estimate of drug-likeness (QED) is 0.579. The minimum atomic E-state index is -0.448. The van der Waals surface area contributed by atoms with Crippen LogP contribution in [-0.4, -0.2) is 58.8 Å². The lowest BCUT2D eigenvalue weighted by molar-refractivity contribution is -0.121. The minimum Gasteiger partial charge on any atom is -0.365 e. The first-order chi connectivity index (χ1) is 15.5. The first kappa shape index (κ1) is 21.5. The number of aryl methyl sites for hydroxylation is 1. The van der Waals surface area contributed by atoms with E-state index in [2.05, 4.69) is 27.2 Å². The number of fused-ring (bicyclic) bond motifs is 2. The smallest absolute Gasteiger partial charge is 0.251 e. The number of primary amides is 1. The van der Waals surface area contributed by atoms with E-state index >= 15 is 0 Å². The number of nitrogens with one attached hydrogen (secondary N) is 1. The zero-order valence-corrected chi connectivity index (χ0v) is 19.7. The number of piperazine rings is 1. The Morgan fingerprint density at radius 1 is 1.16 bits per heavy atom. The molecule has 1 unspecified atom stereocenters. The summed E-state index contributed by atoms with van der Waals surface area (Å²) in [6.45, 7) is 6.22. The zero-order valence-electron chi connectivity index (χ0n) is 18.1. The zero-order chi connectivity index (χ0) is 22.2. The molecule has 3 aromatic rings. The van der Waals surface area contributed by atoms with Gasteiger partial charge in [0.1, 0.15) is 10.0 Å². The Kier molecular flexibility index (Phi) is 5.98. The van der Waals surface area contributed by atoms with E-state index in [9.17, 15) is 9.59 Å². The number of benzene rings is 1. The third-order valence-electron chi connectivity index (χ3n) is 6.44. The Labute approximate surface area is 195 Å². The fourth-order valence-corrected chi connectivity index (χ4v) is 6.93. The number of anilines is 1. The molecule has 1 fully saturated rings. The number of hydrogen-bond acceptors (Lipinski definition) is 7. The molecule has 1 saturated heterocycles. The molecule has 3 heterocycles. The van der Waals surface area contributed by atoms with E-state index in [1.165, 1.54) is 20.9 Å². The highest BCUT2D eigenvalue weighted by Crippen LogP contribution is 2.39. The summed E-state index contributed by atoms with van der Waals surface area (Å²) in [6.07, 6.45) is 2.88. The molecule has 0 saturated carbocycles. The van der Waals surface area contributed by atoms with Crippen molar-refractivity contribution < 1.29 is 9.59 Å². The van der Waals surface area contributed by atoms with Crippen molar-refractivity contribution in [2.45, 2.75) is 38.8 Å². The predicted molar refractivity (Wildman–Crippen MR) is 129 cm³/mol. The number of aromatic nitrogens is 1. The van der Waals surface area contributed by atoms with Crippen molar-refractivity contribution in [2.75, 3.05) is 31.5 Å². The maximum atomic E-state index is 13.0. The van der Waals surface area contributed by atoms with Gasteiger partial charge in [0.25, 0.3) is 5.91 Å². The van der Waals surface area contributed by atoms with Gasteiger partial charge >= 0.3 is 0 Å². The van der Waals surface area contributed by atoms with Gasteiger partial charge < -0.3 is 11.1 Å². The number of thiazole rings is 1. The number of amides is 2. The molecule has 5 rings (SSSR count). The van der Waals surface area contributed by atoms with E-state index in [4.69, 9.17) is 10.7 Å². The number of nitrogens with two attached hydrogens (primary N) is 1. The summed E-state index contributed by atoms with van der Waals surface area (Å²) in [7, 11) is 0. The van der Waals surface area contributed by atoms with E-state index < -0.39 is 5.91 Å². The van der Waals surface area contributed by atoms with E-state index in [-0.39, 0.29) is 11.9 Å². The molecule has 0 spiro atoms. The van der Waals surface area contributed by atoms with Crippen molar-refractivity contribution in [3.05, 3.63) is 45.3 Å². The van der Waals surface area contributed by atoms with Gasteiger partial charge in [-0.15, -0.1) is 22.7 Å². The first-order valence-corrected chi connectivity index (χ1v) is 12.7. The number of hydrogen-bond donors (Lipinski definition) is 2. The van der Waals surface area contributed by atoms with Gasteiger partial charge in [0, 0.05) is 31.1 Å². The van der Waals surface area contributed by atoms with Crippen LogP contribution in [0.25, 0.3) is 10.2 Å². The molecule has 168 valence electrons. The van der Waals surface area contributed by atoms with Crippen molar-refractivity contribution in [3.63, 3.8) is 0 Å². The van der Waals surface area contributed by atoms with Gasteiger partial charge in [0.05, 0.1) is 28.4 Å². The first-order valence-electron chi connectivity index (χ1n) is 11.1. The largest absolute Gasteiger partial charge is 0.365 e. The lowest BCUT2D eigenvalue weighted by Gasteiger charge is -2.37. The molecule has 2 amide bonds. The maximum absolute atomic E-state index is 13.0. The molecule has 2 aromatic heterocycles. The average Bonchev–Trinajstić information content (AvgIpc) is 3.47. The van der Waals surface area contributed by atoms with Crippen molar-refractivity contribution in [2.24, 2.45) is 5.73 Å². The molecule has 0 radical (unpaired) electrons. The molecule has 32 heavy (non-hydrogen) atoms. The lowest BCUT2D eigenvalue weighted by atomic mass is 10.1. The number of rotatable bonds is 6. The summed E-state index contributed by atoms with van der Waals surface area (Å²) >= 11 is 3.26. The van der Waals surface area contributed by atoms with Crippen LogP contribution in [0.3, 0.4) is 0 Å². The lowest BCUT2D eigenvalue weighted by Crippen LogP contribution is -2.52. The second-order valence-electron chi connectivity index (χ2n) is 8.48.